The minimum atomic E-state index is 0.950. The maximum atomic E-state index is 2.52. The Morgan fingerprint density at radius 1 is 0.225 bits per heavy atom. The molecule has 0 heterocycles. The molecule has 0 amide bonds. The first-order valence-electron chi connectivity index (χ1n) is 19.6. The van der Waals surface area contributed by atoms with E-state index in [1.54, 1.807) is 0 Å². The molecule has 3 unspecified atom stereocenters. The van der Waals surface area contributed by atoms with Crippen LogP contribution in [0.3, 0.4) is 0 Å². The van der Waals surface area contributed by atoms with E-state index in [1.807, 2.05) is 0 Å². The van der Waals surface area contributed by atoms with Gasteiger partial charge in [0.1, 0.15) is 0 Å². The van der Waals surface area contributed by atoms with Crippen LogP contribution >= 0.6 is 0 Å². The number of unbranched alkanes of at least 4 members (excludes halogenated alkanes) is 22. The molecule has 0 aliphatic heterocycles. The van der Waals surface area contributed by atoms with Gasteiger partial charge >= 0.3 is 0 Å². The van der Waals surface area contributed by atoms with E-state index >= 15 is 0 Å². The fourth-order valence-electron chi connectivity index (χ4n) is 6.71. The summed E-state index contributed by atoms with van der Waals surface area (Å²) in [5.74, 6) is 2.86. The quantitative estimate of drug-likeness (QED) is 0.0684. The summed E-state index contributed by atoms with van der Waals surface area (Å²) in [7, 11) is 0. The maximum absolute atomic E-state index is 2.52. The predicted octanol–water partition coefficient (Wildman–Crippen LogP) is 15.4. The third kappa shape index (κ3) is 32.5. The molecule has 0 nitrogen and oxygen atoms in total. The summed E-state index contributed by atoms with van der Waals surface area (Å²) < 4.78 is 0. The zero-order valence-corrected chi connectivity index (χ0v) is 29.4. The van der Waals surface area contributed by atoms with Crippen molar-refractivity contribution in [2.45, 2.75) is 240 Å². The van der Waals surface area contributed by atoms with Crippen LogP contribution < -0.4 is 0 Å². The van der Waals surface area contributed by atoms with Crippen LogP contribution in [0.25, 0.3) is 0 Å². The van der Waals surface area contributed by atoms with Crippen LogP contribution in [0, 0.1) is 17.8 Å². The van der Waals surface area contributed by atoms with Crippen molar-refractivity contribution in [3.05, 3.63) is 0 Å². The Kier molecular flexibility index (Phi) is 33.5. The normalized spacial score (nSPS) is 14.0. The third-order valence-electron chi connectivity index (χ3n) is 9.89. The first-order chi connectivity index (χ1) is 19.6. The van der Waals surface area contributed by atoms with E-state index in [9.17, 15) is 0 Å². The van der Waals surface area contributed by atoms with Gasteiger partial charge in [0.15, 0.2) is 0 Å². The molecule has 0 saturated heterocycles. The van der Waals surface area contributed by atoms with Crippen molar-refractivity contribution in [1.82, 2.24) is 0 Å². The van der Waals surface area contributed by atoms with Crippen LogP contribution in [0.15, 0.2) is 0 Å². The number of hydrogen-bond donors (Lipinski definition) is 0. The second-order valence-electron chi connectivity index (χ2n) is 14.5. The highest BCUT2D eigenvalue weighted by Crippen LogP contribution is 2.22. The first kappa shape index (κ1) is 40.0. The molecule has 0 heteroatoms. The molecule has 0 radical (unpaired) electrons. The van der Waals surface area contributed by atoms with Crippen LogP contribution in [-0.2, 0) is 0 Å². The van der Waals surface area contributed by atoms with Crippen molar-refractivity contribution < 1.29 is 0 Å². The van der Waals surface area contributed by atoms with Crippen LogP contribution in [-0.4, -0.2) is 0 Å². The summed E-state index contributed by atoms with van der Waals surface area (Å²) in [6.45, 7) is 12.1. The van der Waals surface area contributed by atoms with E-state index < -0.39 is 0 Å². The highest BCUT2D eigenvalue weighted by Gasteiger charge is 2.06. The molecule has 0 aromatic heterocycles. The summed E-state index contributed by atoms with van der Waals surface area (Å²) in [6.07, 6.45) is 47.0. The Bertz CT molecular complexity index is 439. The maximum Gasteiger partial charge on any atom is -0.0443 e. The van der Waals surface area contributed by atoms with Gasteiger partial charge in [-0.1, -0.05) is 240 Å². The van der Waals surface area contributed by atoms with Crippen LogP contribution in [0.5, 0.6) is 0 Å². The van der Waals surface area contributed by atoms with Gasteiger partial charge in [0.2, 0.25) is 0 Å². The summed E-state index contributed by atoms with van der Waals surface area (Å²) in [5.41, 5.74) is 0. The van der Waals surface area contributed by atoms with E-state index in [0.717, 1.165) is 17.8 Å². The second-order valence-corrected chi connectivity index (χ2v) is 14.5. The van der Waals surface area contributed by atoms with Gasteiger partial charge in [0.25, 0.3) is 0 Å². The molecule has 0 saturated carbocycles. The lowest BCUT2D eigenvalue weighted by Crippen LogP contribution is -1.99. The van der Waals surface area contributed by atoms with E-state index in [0.29, 0.717) is 0 Å². The monoisotopic (exact) mass is 563 g/mol. The summed E-state index contributed by atoms with van der Waals surface area (Å²) in [6, 6.07) is 0. The van der Waals surface area contributed by atoms with Gasteiger partial charge in [-0.05, 0) is 17.8 Å². The molecule has 0 N–H and O–H groups in total. The summed E-state index contributed by atoms with van der Waals surface area (Å²) >= 11 is 0. The highest BCUT2D eigenvalue weighted by molar-refractivity contribution is 4.60. The molecule has 0 fully saturated rings. The van der Waals surface area contributed by atoms with Crippen molar-refractivity contribution in [3.8, 4) is 0 Å². The predicted molar refractivity (Wildman–Crippen MR) is 187 cm³/mol. The Morgan fingerprint density at radius 2 is 0.425 bits per heavy atom. The average Bonchev–Trinajstić information content (AvgIpc) is 2.94. The lowest BCUT2D eigenvalue weighted by Gasteiger charge is -2.14. The molecule has 0 aromatic carbocycles. The van der Waals surface area contributed by atoms with Gasteiger partial charge in [0, 0.05) is 0 Å². The molecular formula is C40H82. The van der Waals surface area contributed by atoms with Crippen molar-refractivity contribution in [1.29, 1.82) is 0 Å². The molecule has 40 heavy (non-hydrogen) atoms. The average molecular weight is 563 g/mol. The molecule has 3 atom stereocenters. The van der Waals surface area contributed by atoms with Crippen molar-refractivity contribution >= 4 is 0 Å². The Labute approximate surface area is 257 Å². The SMILES string of the molecule is CCCCCCCCCCCCCCCCCCCCC(C)CCCC(C)CCCCCCCC(C)CCCC. The van der Waals surface area contributed by atoms with Crippen molar-refractivity contribution in [2.75, 3.05) is 0 Å². The molecule has 0 spiro atoms. The number of hydrogen-bond acceptors (Lipinski definition) is 0. The Hall–Kier alpha value is 0. The molecule has 242 valence electrons. The summed E-state index contributed by atoms with van der Waals surface area (Å²) in [5, 5.41) is 0. The standard InChI is InChI=1S/C40H82/c1-6-8-10-11-12-13-14-15-16-17-18-19-20-21-22-23-25-28-34-39(4)36-31-37-40(5)35-30-27-24-26-29-33-38(3)32-9-7-2/h38-40H,6-37H2,1-5H3. The van der Waals surface area contributed by atoms with E-state index in [4.69, 9.17) is 0 Å². The van der Waals surface area contributed by atoms with Crippen LogP contribution in [0.2, 0.25) is 0 Å². The third-order valence-corrected chi connectivity index (χ3v) is 9.89. The van der Waals surface area contributed by atoms with E-state index in [1.165, 1.54) is 205 Å². The van der Waals surface area contributed by atoms with Crippen molar-refractivity contribution in [2.24, 2.45) is 17.8 Å². The van der Waals surface area contributed by atoms with E-state index in [2.05, 4.69) is 34.6 Å². The summed E-state index contributed by atoms with van der Waals surface area (Å²) in [4.78, 5) is 0. The van der Waals surface area contributed by atoms with Gasteiger partial charge in [-0.25, -0.2) is 0 Å². The van der Waals surface area contributed by atoms with Gasteiger partial charge in [0.05, 0.1) is 0 Å². The zero-order chi connectivity index (χ0) is 29.4. The van der Waals surface area contributed by atoms with Gasteiger partial charge in [-0.15, -0.1) is 0 Å². The fourth-order valence-corrected chi connectivity index (χ4v) is 6.71. The topological polar surface area (TPSA) is 0 Å². The van der Waals surface area contributed by atoms with Gasteiger partial charge in [-0.2, -0.15) is 0 Å². The molecule has 0 aliphatic carbocycles. The lowest BCUT2D eigenvalue weighted by atomic mass is 9.92. The molecule has 0 bridgehead atoms. The minimum Gasteiger partial charge on any atom is -0.0654 e. The fraction of sp³-hybridized carbons (Fsp3) is 1.00. The molecule has 0 aromatic rings. The van der Waals surface area contributed by atoms with E-state index in [-0.39, 0.29) is 0 Å². The smallest absolute Gasteiger partial charge is 0.0443 e. The van der Waals surface area contributed by atoms with Gasteiger partial charge in [-0.3, -0.25) is 0 Å². The zero-order valence-electron chi connectivity index (χ0n) is 29.4. The second kappa shape index (κ2) is 33.5. The molecule has 0 rings (SSSR count). The molecule has 0 aliphatic rings. The number of rotatable bonds is 34. The van der Waals surface area contributed by atoms with Crippen LogP contribution in [0.1, 0.15) is 240 Å². The van der Waals surface area contributed by atoms with Gasteiger partial charge < -0.3 is 0 Å². The highest BCUT2D eigenvalue weighted by atomic mass is 14.1. The largest absolute Gasteiger partial charge is 0.0654 e. The lowest BCUT2D eigenvalue weighted by molar-refractivity contribution is 0.389. The minimum absolute atomic E-state index is 0.950. The van der Waals surface area contributed by atoms with Crippen molar-refractivity contribution in [3.63, 3.8) is 0 Å². The van der Waals surface area contributed by atoms with Crippen LogP contribution in [0.4, 0.5) is 0 Å². The first-order valence-corrected chi connectivity index (χ1v) is 19.6. The molecular weight excluding hydrogens is 480 g/mol. The Balaban J connectivity index is 3.28. The Morgan fingerprint density at radius 3 is 0.700 bits per heavy atom.